The first-order valence-electron chi connectivity index (χ1n) is 2.22. The van der Waals surface area contributed by atoms with Gasteiger partial charge in [0, 0.05) is 0 Å². The van der Waals surface area contributed by atoms with Gasteiger partial charge in [-0.25, -0.2) is 0 Å². The average Bonchev–Trinajstić information content (AvgIpc) is 1.61. The fourth-order valence-corrected chi connectivity index (χ4v) is 0.192. The largest absolute Gasteiger partial charge is 0.473 e. The Morgan fingerprint density at radius 2 is 2.29 bits per heavy atom. The van der Waals surface area contributed by atoms with Gasteiger partial charge in [-0.05, 0) is 13.8 Å². The maximum Gasteiger partial charge on any atom is 0.193 e. The van der Waals surface area contributed by atoms with Crippen LogP contribution in [0.25, 0.3) is 0 Å². The van der Waals surface area contributed by atoms with Crippen LogP contribution < -0.4 is 0 Å². The number of allylic oxidation sites excluding steroid dienone is 1. The van der Waals surface area contributed by atoms with Crippen LogP contribution in [0.5, 0.6) is 0 Å². The van der Waals surface area contributed by atoms with Gasteiger partial charge in [-0.2, -0.15) is 0 Å². The standard InChI is InChI=1S/C5H10O2/c1-3-4-7-5(2)6/h3-6H,1-2H3. The van der Waals surface area contributed by atoms with Crippen molar-refractivity contribution in [2.24, 2.45) is 0 Å². The van der Waals surface area contributed by atoms with E-state index in [1.165, 1.54) is 6.26 Å². The van der Waals surface area contributed by atoms with Gasteiger partial charge in [-0.3, -0.25) is 0 Å². The van der Waals surface area contributed by atoms with Crippen molar-refractivity contribution in [3.63, 3.8) is 0 Å². The molecule has 0 aliphatic carbocycles. The van der Waals surface area contributed by atoms with E-state index in [0.29, 0.717) is 0 Å². The Morgan fingerprint density at radius 3 is 2.43 bits per heavy atom. The summed E-state index contributed by atoms with van der Waals surface area (Å²) >= 11 is 0. The Labute approximate surface area is 43.4 Å². The van der Waals surface area contributed by atoms with E-state index in [1.807, 2.05) is 6.92 Å². The highest BCUT2D eigenvalue weighted by molar-refractivity contribution is 4.64. The molecule has 0 aliphatic rings. The minimum atomic E-state index is -0.684. The van der Waals surface area contributed by atoms with Gasteiger partial charge in [-0.1, -0.05) is 6.08 Å². The average molecular weight is 102 g/mol. The molecule has 0 aromatic rings. The highest BCUT2D eigenvalue weighted by Crippen LogP contribution is 1.82. The van der Waals surface area contributed by atoms with Gasteiger partial charge in [0.2, 0.25) is 0 Å². The molecule has 0 aromatic carbocycles. The van der Waals surface area contributed by atoms with Crippen molar-refractivity contribution >= 4 is 0 Å². The predicted molar refractivity (Wildman–Crippen MR) is 27.6 cm³/mol. The van der Waals surface area contributed by atoms with Crippen molar-refractivity contribution in [1.82, 2.24) is 0 Å². The van der Waals surface area contributed by atoms with Crippen molar-refractivity contribution in [3.05, 3.63) is 12.3 Å². The smallest absolute Gasteiger partial charge is 0.193 e. The van der Waals surface area contributed by atoms with Crippen LogP contribution in [-0.2, 0) is 4.74 Å². The molecule has 0 radical (unpaired) electrons. The van der Waals surface area contributed by atoms with Gasteiger partial charge >= 0.3 is 0 Å². The van der Waals surface area contributed by atoms with Crippen LogP contribution in [0.1, 0.15) is 13.8 Å². The first-order chi connectivity index (χ1) is 3.27. The van der Waals surface area contributed by atoms with E-state index < -0.39 is 6.29 Å². The third-order valence-corrected chi connectivity index (χ3v) is 0.412. The number of rotatable bonds is 2. The number of ether oxygens (including phenoxy) is 1. The molecule has 0 bridgehead atoms. The molecule has 0 amide bonds. The summed E-state index contributed by atoms with van der Waals surface area (Å²) in [6.07, 6.45) is 2.48. The second kappa shape index (κ2) is 3.68. The van der Waals surface area contributed by atoms with E-state index in [-0.39, 0.29) is 0 Å². The van der Waals surface area contributed by atoms with Crippen LogP contribution in [0.4, 0.5) is 0 Å². The normalized spacial score (nSPS) is 14.7. The third kappa shape index (κ3) is 5.50. The van der Waals surface area contributed by atoms with Crippen LogP contribution >= 0.6 is 0 Å². The van der Waals surface area contributed by atoms with Crippen molar-refractivity contribution in [1.29, 1.82) is 0 Å². The van der Waals surface area contributed by atoms with Gasteiger partial charge in [0.1, 0.15) is 0 Å². The molecule has 42 valence electrons. The number of hydrogen-bond donors (Lipinski definition) is 1. The minimum absolute atomic E-state index is 0.684. The van der Waals surface area contributed by atoms with Crippen molar-refractivity contribution in [3.8, 4) is 0 Å². The molecule has 1 atom stereocenters. The summed E-state index contributed by atoms with van der Waals surface area (Å²) < 4.78 is 4.57. The predicted octanol–water partition coefficient (Wildman–Crippen LogP) is 0.875. The first-order valence-corrected chi connectivity index (χ1v) is 2.22. The molecule has 1 unspecified atom stereocenters. The monoisotopic (exact) mass is 102 g/mol. The zero-order valence-electron chi connectivity index (χ0n) is 4.59. The Hall–Kier alpha value is -0.500. The van der Waals surface area contributed by atoms with E-state index in [0.717, 1.165) is 0 Å². The van der Waals surface area contributed by atoms with Crippen LogP contribution in [-0.4, -0.2) is 11.4 Å². The van der Waals surface area contributed by atoms with Crippen LogP contribution in [0.15, 0.2) is 12.3 Å². The van der Waals surface area contributed by atoms with Crippen molar-refractivity contribution < 1.29 is 9.84 Å². The van der Waals surface area contributed by atoms with Gasteiger partial charge in [0.05, 0.1) is 6.26 Å². The summed E-state index contributed by atoms with van der Waals surface area (Å²) in [5.74, 6) is 0. The molecule has 0 saturated carbocycles. The molecule has 0 saturated heterocycles. The maximum atomic E-state index is 8.41. The summed E-state index contributed by atoms with van der Waals surface area (Å²) in [7, 11) is 0. The van der Waals surface area contributed by atoms with E-state index in [1.54, 1.807) is 13.0 Å². The number of hydrogen-bond acceptors (Lipinski definition) is 2. The summed E-state index contributed by atoms with van der Waals surface area (Å²) in [4.78, 5) is 0. The third-order valence-electron chi connectivity index (χ3n) is 0.412. The van der Waals surface area contributed by atoms with Gasteiger partial charge in [-0.15, -0.1) is 0 Å². The molecule has 0 aliphatic heterocycles. The lowest BCUT2D eigenvalue weighted by molar-refractivity contribution is -0.0350. The molecular weight excluding hydrogens is 92.1 g/mol. The molecule has 1 N–H and O–H groups in total. The summed E-state index contributed by atoms with van der Waals surface area (Å²) in [6.45, 7) is 3.38. The van der Waals surface area contributed by atoms with E-state index >= 15 is 0 Å². The second-order valence-electron chi connectivity index (χ2n) is 1.20. The fraction of sp³-hybridized carbons (Fsp3) is 0.600. The Morgan fingerprint density at radius 1 is 1.71 bits per heavy atom. The molecular formula is C5H10O2. The Kier molecular flexibility index (Phi) is 3.42. The lowest BCUT2D eigenvalue weighted by Gasteiger charge is -1.99. The minimum Gasteiger partial charge on any atom is -0.473 e. The SMILES string of the molecule is CC=COC(C)O. The molecule has 2 heteroatoms. The first kappa shape index (κ1) is 6.50. The molecule has 2 nitrogen and oxygen atoms in total. The fourth-order valence-electron chi connectivity index (χ4n) is 0.192. The molecule has 0 aromatic heterocycles. The number of aliphatic hydroxyl groups is 1. The molecule has 0 heterocycles. The van der Waals surface area contributed by atoms with Gasteiger partial charge in [0.25, 0.3) is 0 Å². The zero-order valence-corrected chi connectivity index (χ0v) is 4.59. The Bertz CT molecular complexity index is 57.1. The molecule has 0 rings (SSSR count). The number of aliphatic hydroxyl groups excluding tert-OH is 1. The van der Waals surface area contributed by atoms with E-state index in [2.05, 4.69) is 4.74 Å². The zero-order chi connectivity index (χ0) is 5.70. The molecule has 0 fully saturated rings. The van der Waals surface area contributed by atoms with Crippen LogP contribution in [0, 0.1) is 0 Å². The van der Waals surface area contributed by atoms with Crippen molar-refractivity contribution in [2.45, 2.75) is 20.1 Å². The lowest BCUT2D eigenvalue weighted by atomic mass is 10.7. The van der Waals surface area contributed by atoms with Gasteiger partial charge in [0.15, 0.2) is 6.29 Å². The van der Waals surface area contributed by atoms with Crippen LogP contribution in [0.3, 0.4) is 0 Å². The van der Waals surface area contributed by atoms with E-state index in [4.69, 9.17) is 5.11 Å². The summed E-state index contributed by atoms with van der Waals surface area (Å²) in [6, 6.07) is 0. The second-order valence-corrected chi connectivity index (χ2v) is 1.20. The summed E-state index contributed by atoms with van der Waals surface area (Å²) in [5.41, 5.74) is 0. The topological polar surface area (TPSA) is 29.5 Å². The van der Waals surface area contributed by atoms with Crippen molar-refractivity contribution in [2.75, 3.05) is 0 Å². The Balaban J connectivity index is 2.97. The quantitative estimate of drug-likeness (QED) is 0.414. The molecule has 0 spiro atoms. The molecule has 7 heavy (non-hydrogen) atoms. The maximum absolute atomic E-state index is 8.41. The van der Waals surface area contributed by atoms with E-state index in [9.17, 15) is 0 Å². The lowest BCUT2D eigenvalue weighted by Crippen LogP contribution is -1.99. The summed E-state index contributed by atoms with van der Waals surface area (Å²) in [5, 5.41) is 8.41. The highest BCUT2D eigenvalue weighted by Gasteiger charge is 1.83. The van der Waals surface area contributed by atoms with Crippen LogP contribution in [0.2, 0.25) is 0 Å². The highest BCUT2D eigenvalue weighted by atomic mass is 16.6. The van der Waals surface area contributed by atoms with Gasteiger partial charge < -0.3 is 9.84 Å².